The summed E-state index contributed by atoms with van der Waals surface area (Å²) < 4.78 is 0. The predicted octanol–water partition coefficient (Wildman–Crippen LogP) is 3.08. The molecule has 0 aromatic heterocycles. The molecule has 0 fully saturated rings. The zero-order valence-electron chi connectivity index (χ0n) is 10.4. The highest BCUT2D eigenvalue weighted by Crippen LogP contribution is 2.21. The zero-order valence-corrected chi connectivity index (χ0v) is 11.2. The van der Waals surface area contributed by atoms with Gasteiger partial charge in [-0.2, -0.15) is 0 Å². The first-order valence-corrected chi connectivity index (χ1v) is 6.56. The Morgan fingerprint density at radius 1 is 0.947 bits per heavy atom. The van der Waals surface area contributed by atoms with Gasteiger partial charge in [-0.25, -0.2) is 0 Å². The van der Waals surface area contributed by atoms with Gasteiger partial charge in [0.2, 0.25) is 5.78 Å². The van der Waals surface area contributed by atoms with E-state index in [0.717, 1.165) is 22.2 Å². The number of nitrogens with two attached hydrogens (primary N) is 1. The maximum absolute atomic E-state index is 11.9. The molecule has 96 valence electrons. The number of benzene rings is 2. The standard InChI is InChI=1S/C15H13NO2S/c1-10-2-8-13(9-3-10)19-15(18)14(17)11-4-6-12(16)7-5-11/h2-9H,16H2,1H3. The molecule has 2 N–H and O–H groups in total. The van der Waals surface area contributed by atoms with E-state index in [9.17, 15) is 9.59 Å². The number of hydrogen-bond donors (Lipinski definition) is 1. The SMILES string of the molecule is Cc1ccc(SC(=O)C(=O)c2ccc(N)cc2)cc1. The van der Waals surface area contributed by atoms with Gasteiger partial charge in [-0.1, -0.05) is 17.7 Å². The average molecular weight is 271 g/mol. The summed E-state index contributed by atoms with van der Waals surface area (Å²) in [7, 11) is 0. The third-order valence-electron chi connectivity index (χ3n) is 2.59. The molecule has 0 atom stereocenters. The Morgan fingerprint density at radius 2 is 1.53 bits per heavy atom. The maximum Gasteiger partial charge on any atom is 0.264 e. The summed E-state index contributed by atoms with van der Waals surface area (Å²) >= 11 is 0.940. The molecule has 3 nitrogen and oxygen atoms in total. The Balaban J connectivity index is 2.09. The van der Waals surface area contributed by atoms with E-state index in [1.54, 1.807) is 24.3 Å². The third kappa shape index (κ3) is 3.45. The zero-order chi connectivity index (χ0) is 13.8. The van der Waals surface area contributed by atoms with Crippen LogP contribution in [0.1, 0.15) is 15.9 Å². The topological polar surface area (TPSA) is 60.2 Å². The van der Waals surface area contributed by atoms with Crippen LogP contribution in [0.4, 0.5) is 5.69 Å². The second-order valence-corrected chi connectivity index (χ2v) is 5.20. The van der Waals surface area contributed by atoms with E-state index in [-0.39, 0.29) is 0 Å². The van der Waals surface area contributed by atoms with Crippen LogP contribution in [-0.2, 0) is 4.79 Å². The van der Waals surface area contributed by atoms with Crippen LogP contribution in [0.25, 0.3) is 0 Å². The van der Waals surface area contributed by atoms with Crippen LogP contribution in [0.2, 0.25) is 0 Å². The van der Waals surface area contributed by atoms with Gasteiger partial charge in [0, 0.05) is 16.1 Å². The highest BCUT2D eigenvalue weighted by Gasteiger charge is 2.17. The van der Waals surface area contributed by atoms with E-state index in [4.69, 9.17) is 5.73 Å². The van der Waals surface area contributed by atoms with Crippen LogP contribution < -0.4 is 5.73 Å². The summed E-state index contributed by atoms with van der Waals surface area (Å²) in [5.41, 5.74) is 7.58. The smallest absolute Gasteiger partial charge is 0.264 e. The molecule has 2 aromatic rings. The van der Waals surface area contributed by atoms with Crippen molar-refractivity contribution in [2.45, 2.75) is 11.8 Å². The second kappa shape index (κ2) is 5.71. The van der Waals surface area contributed by atoms with Crippen LogP contribution in [0.15, 0.2) is 53.4 Å². The van der Waals surface area contributed by atoms with Crippen molar-refractivity contribution in [1.29, 1.82) is 0 Å². The van der Waals surface area contributed by atoms with E-state index in [1.807, 2.05) is 31.2 Å². The number of carbonyl (C=O) groups excluding carboxylic acids is 2. The Kier molecular flexibility index (Phi) is 4.02. The molecule has 0 saturated heterocycles. The van der Waals surface area contributed by atoms with Crippen molar-refractivity contribution in [2.75, 3.05) is 5.73 Å². The normalized spacial score (nSPS) is 10.2. The summed E-state index contributed by atoms with van der Waals surface area (Å²) in [6, 6.07) is 13.8. The fourth-order valence-corrected chi connectivity index (χ4v) is 2.21. The van der Waals surface area contributed by atoms with Gasteiger partial charge in [-0.15, -0.1) is 0 Å². The van der Waals surface area contributed by atoms with Gasteiger partial charge < -0.3 is 5.73 Å². The van der Waals surface area contributed by atoms with E-state index in [0.29, 0.717) is 11.3 Å². The first-order valence-electron chi connectivity index (χ1n) is 5.75. The van der Waals surface area contributed by atoms with Crippen molar-refractivity contribution in [2.24, 2.45) is 0 Å². The molecule has 0 unspecified atom stereocenters. The number of anilines is 1. The number of hydrogen-bond acceptors (Lipinski definition) is 4. The van der Waals surface area contributed by atoms with Gasteiger partial charge in [0.05, 0.1) is 0 Å². The molecular formula is C15H13NO2S. The van der Waals surface area contributed by atoms with Crippen molar-refractivity contribution < 1.29 is 9.59 Å². The average Bonchev–Trinajstić information content (AvgIpc) is 2.41. The highest BCUT2D eigenvalue weighted by molar-refractivity contribution is 8.15. The minimum absolute atomic E-state index is 0.360. The molecule has 2 rings (SSSR count). The van der Waals surface area contributed by atoms with Gasteiger partial charge in [-0.3, -0.25) is 9.59 Å². The first kappa shape index (κ1) is 13.4. The number of thioether (sulfide) groups is 1. The molecule has 0 amide bonds. The molecular weight excluding hydrogens is 258 g/mol. The van der Waals surface area contributed by atoms with Gasteiger partial charge in [0.15, 0.2) is 0 Å². The lowest BCUT2D eigenvalue weighted by Crippen LogP contribution is -2.10. The Hall–Kier alpha value is -2.07. The molecule has 0 heterocycles. The monoisotopic (exact) mass is 271 g/mol. The number of ketones is 1. The number of nitrogen functional groups attached to an aromatic ring is 1. The number of Topliss-reactive ketones (excluding diaryl/α,β-unsaturated/α-hetero) is 1. The van der Waals surface area contributed by atoms with E-state index in [1.165, 1.54) is 0 Å². The minimum atomic E-state index is -0.509. The molecule has 0 radical (unpaired) electrons. The third-order valence-corrected chi connectivity index (χ3v) is 3.47. The van der Waals surface area contributed by atoms with Crippen molar-refractivity contribution in [1.82, 2.24) is 0 Å². The molecule has 0 bridgehead atoms. The highest BCUT2D eigenvalue weighted by atomic mass is 32.2. The Labute approximate surface area is 115 Å². The Bertz CT molecular complexity index is 603. The quantitative estimate of drug-likeness (QED) is 0.403. The molecule has 4 heteroatoms. The van der Waals surface area contributed by atoms with E-state index >= 15 is 0 Å². The molecule has 0 aliphatic heterocycles. The summed E-state index contributed by atoms with van der Waals surface area (Å²) in [5, 5.41) is -0.492. The molecule has 0 aliphatic rings. The minimum Gasteiger partial charge on any atom is -0.399 e. The fraction of sp³-hybridized carbons (Fsp3) is 0.0667. The number of carbonyl (C=O) groups is 2. The lowest BCUT2D eigenvalue weighted by atomic mass is 10.1. The predicted molar refractivity (Wildman–Crippen MR) is 77.2 cm³/mol. The first-order chi connectivity index (χ1) is 9.06. The molecule has 0 aliphatic carbocycles. The van der Waals surface area contributed by atoms with E-state index in [2.05, 4.69) is 0 Å². The summed E-state index contributed by atoms with van der Waals surface area (Å²) in [6.07, 6.45) is 0. The summed E-state index contributed by atoms with van der Waals surface area (Å²) in [6.45, 7) is 1.97. The second-order valence-electron chi connectivity index (χ2n) is 4.15. The lowest BCUT2D eigenvalue weighted by molar-refractivity contribution is -0.107. The van der Waals surface area contributed by atoms with Crippen LogP contribution in [-0.4, -0.2) is 10.9 Å². The summed E-state index contributed by atoms with van der Waals surface area (Å²) in [5.74, 6) is -0.509. The van der Waals surface area contributed by atoms with Crippen LogP contribution >= 0.6 is 11.8 Å². The maximum atomic E-state index is 11.9. The van der Waals surface area contributed by atoms with Crippen molar-refractivity contribution in [3.63, 3.8) is 0 Å². The van der Waals surface area contributed by atoms with Crippen LogP contribution in [0.5, 0.6) is 0 Å². The van der Waals surface area contributed by atoms with Crippen molar-refractivity contribution in [3.05, 3.63) is 59.7 Å². The largest absolute Gasteiger partial charge is 0.399 e. The van der Waals surface area contributed by atoms with Gasteiger partial charge in [0.1, 0.15) is 0 Å². The van der Waals surface area contributed by atoms with Gasteiger partial charge in [0.25, 0.3) is 5.12 Å². The fourth-order valence-electron chi connectivity index (χ4n) is 1.51. The lowest BCUT2D eigenvalue weighted by Gasteiger charge is -2.01. The van der Waals surface area contributed by atoms with Crippen LogP contribution in [0, 0.1) is 6.92 Å². The van der Waals surface area contributed by atoms with Crippen LogP contribution in [0.3, 0.4) is 0 Å². The summed E-state index contributed by atoms with van der Waals surface area (Å²) in [4.78, 5) is 24.5. The number of rotatable bonds is 3. The molecule has 19 heavy (non-hydrogen) atoms. The number of aryl methyl sites for hydroxylation is 1. The van der Waals surface area contributed by atoms with Gasteiger partial charge in [-0.05, 0) is 55.1 Å². The van der Waals surface area contributed by atoms with Crippen molar-refractivity contribution in [3.8, 4) is 0 Å². The van der Waals surface area contributed by atoms with Gasteiger partial charge >= 0.3 is 0 Å². The van der Waals surface area contributed by atoms with E-state index < -0.39 is 10.9 Å². The Morgan fingerprint density at radius 3 is 2.11 bits per heavy atom. The molecule has 2 aromatic carbocycles. The van der Waals surface area contributed by atoms with Crippen molar-refractivity contribution >= 4 is 28.3 Å². The molecule has 0 saturated carbocycles. The molecule has 0 spiro atoms.